The lowest BCUT2D eigenvalue weighted by Gasteiger charge is -2.00. The average molecular weight is 424 g/mol. The van der Waals surface area contributed by atoms with Gasteiger partial charge < -0.3 is 18.5 Å². The number of nitro benzene ring substituents is 1. The third-order valence-corrected chi connectivity index (χ3v) is 5.13. The molecule has 0 saturated carbocycles. The van der Waals surface area contributed by atoms with Crippen LogP contribution in [-0.2, 0) is 0 Å². The molecule has 0 fully saturated rings. The van der Waals surface area contributed by atoms with Gasteiger partial charge in [-0.1, -0.05) is 54.6 Å². The second kappa shape index (κ2) is 8.09. The van der Waals surface area contributed by atoms with Crippen molar-refractivity contribution in [2.45, 2.75) is 0 Å². The fraction of sp³-hybridized carbons (Fsp3) is 0. The number of hydrogen-bond donors (Lipinski definition) is 1. The molecule has 0 aliphatic carbocycles. The third kappa shape index (κ3) is 3.32. The molecule has 32 heavy (non-hydrogen) atoms. The van der Waals surface area contributed by atoms with E-state index in [4.69, 9.17) is 18.5 Å². The summed E-state index contributed by atoms with van der Waals surface area (Å²) in [6.45, 7) is 0. The summed E-state index contributed by atoms with van der Waals surface area (Å²) in [5.74, 6) is 0.510. The van der Waals surface area contributed by atoms with Crippen LogP contribution in [0.1, 0.15) is 0 Å². The lowest BCUT2D eigenvalue weighted by Crippen LogP contribution is -1.99. The molecule has 7 nitrogen and oxygen atoms in total. The summed E-state index contributed by atoms with van der Waals surface area (Å²) in [6, 6.07) is 25.7. The summed E-state index contributed by atoms with van der Waals surface area (Å²) in [4.78, 5) is 10.4. The normalized spacial score (nSPS) is 10.9. The maximum Gasteiger partial charge on any atom is 0.569 e. The Balaban J connectivity index is 0.000000135. The first kappa shape index (κ1) is 19.7. The molecular weight excluding hydrogens is 409 g/mol. The van der Waals surface area contributed by atoms with E-state index in [0.29, 0.717) is 30.2 Å². The number of para-hydroxylation sites is 4. The van der Waals surface area contributed by atoms with Gasteiger partial charge in [-0.05, 0) is 24.3 Å². The van der Waals surface area contributed by atoms with Crippen molar-refractivity contribution in [2.24, 2.45) is 0 Å². The average Bonchev–Trinajstić information content (AvgIpc) is 3.39. The van der Waals surface area contributed by atoms with Crippen molar-refractivity contribution in [3.8, 4) is 5.75 Å². The van der Waals surface area contributed by atoms with Crippen molar-refractivity contribution in [1.29, 1.82) is 0 Å². The van der Waals surface area contributed by atoms with Crippen molar-refractivity contribution in [2.75, 3.05) is 0 Å². The van der Waals surface area contributed by atoms with Crippen LogP contribution in [-0.4, -0.2) is 17.6 Å². The van der Waals surface area contributed by atoms with Gasteiger partial charge >= 0.3 is 13.4 Å². The summed E-state index contributed by atoms with van der Waals surface area (Å²) in [5, 5.41) is 23.2. The highest BCUT2D eigenvalue weighted by Crippen LogP contribution is 2.35. The molecule has 0 aliphatic rings. The van der Waals surface area contributed by atoms with Gasteiger partial charge in [0.05, 0.1) is 4.92 Å². The fourth-order valence-corrected chi connectivity index (χ4v) is 3.75. The summed E-state index contributed by atoms with van der Waals surface area (Å²) < 4.78 is 16.2. The van der Waals surface area contributed by atoms with Crippen molar-refractivity contribution >= 4 is 57.2 Å². The van der Waals surface area contributed by atoms with E-state index in [-0.39, 0.29) is 5.69 Å². The molecule has 2 aromatic heterocycles. The molecule has 0 bridgehead atoms. The van der Waals surface area contributed by atoms with E-state index < -0.39 is 4.92 Å². The molecule has 0 aliphatic heterocycles. The van der Waals surface area contributed by atoms with Gasteiger partial charge in [-0.25, -0.2) is 0 Å². The van der Waals surface area contributed by atoms with E-state index in [9.17, 15) is 10.1 Å². The number of hydrogen-bond acceptors (Lipinski definition) is 6. The standard InChI is InChI=1S/C12H8BO3.C12H7NO3/c14-13-16-11-7-3-5-9-8-4-1-2-6-10(8)15-12(9)11;14-13(15)10-6-3-5-9-8-4-1-2-7-11(8)16-12(9)10/h1-7,14H;1-7H. The summed E-state index contributed by atoms with van der Waals surface area (Å²) in [6.07, 6.45) is 0. The number of non-ortho nitro benzene ring substituents is 1. The molecule has 6 aromatic rings. The van der Waals surface area contributed by atoms with Gasteiger partial charge in [0.1, 0.15) is 16.9 Å². The minimum Gasteiger partial charge on any atom is -0.535 e. The van der Waals surface area contributed by atoms with E-state index in [0.717, 1.165) is 27.1 Å². The molecule has 4 aromatic carbocycles. The number of nitro groups is 1. The van der Waals surface area contributed by atoms with E-state index in [2.05, 4.69) is 0 Å². The lowest BCUT2D eigenvalue weighted by molar-refractivity contribution is -0.383. The summed E-state index contributed by atoms with van der Waals surface area (Å²) in [7, 11) is 0.655. The van der Waals surface area contributed by atoms with E-state index in [1.54, 1.807) is 18.2 Å². The zero-order valence-electron chi connectivity index (χ0n) is 16.6. The van der Waals surface area contributed by atoms with Crippen LogP contribution in [0.2, 0.25) is 0 Å². The molecule has 8 heteroatoms. The summed E-state index contributed by atoms with van der Waals surface area (Å²) >= 11 is 0. The molecule has 0 amide bonds. The van der Waals surface area contributed by atoms with Gasteiger partial charge in [-0.2, -0.15) is 0 Å². The Morgan fingerprint density at radius 2 is 1.25 bits per heavy atom. The van der Waals surface area contributed by atoms with Crippen LogP contribution in [0.15, 0.2) is 93.8 Å². The molecule has 2 heterocycles. The molecule has 6 rings (SSSR count). The molecular formula is C24H15BNO6. The van der Waals surface area contributed by atoms with Crippen molar-refractivity contribution < 1.29 is 23.4 Å². The zero-order valence-corrected chi connectivity index (χ0v) is 16.6. The second-order valence-electron chi connectivity index (χ2n) is 6.96. The largest absolute Gasteiger partial charge is 0.569 e. The van der Waals surface area contributed by atoms with E-state index in [1.165, 1.54) is 6.07 Å². The van der Waals surface area contributed by atoms with E-state index >= 15 is 0 Å². The lowest BCUT2D eigenvalue weighted by atomic mass is 10.1. The molecule has 1 radical (unpaired) electrons. The minimum absolute atomic E-state index is 0.00806. The Morgan fingerprint density at radius 1 is 0.719 bits per heavy atom. The highest BCUT2D eigenvalue weighted by atomic mass is 16.6. The van der Waals surface area contributed by atoms with E-state index in [1.807, 2.05) is 60.7 Å². The van der Waals surface area contributed by atoms with Gasteiger partial charge in [-0.15, -0.1) is 0 Å². The predicted molar refractivity (Wildman–Crippen MR) is 123 cm³/mol. The number of rotatable bonds is 3. The molecule has 1 N–H and O–H groups in total. The molecule has 0 atom stereocenters. The number of benzene rings is 4. The Kier molecular flexibility index (Phi) is 4.97. The molecule has 0 unspecified atom stereocenters. The van der Waals surface area contributed by atoms with Gasteiger partial charge in [0.15, 0.2) is 5.58 Å². The van der Waals surface area contributed by atoms with Crippen molar-refractivity contribution in [3.63, 3.8) is 0 Å². The van der Waals surface area contributed by atoms with Crippen LogP contribution in [0.4, 0.5) is 5.69 Å². The first-order chi connectivity index (χ1) is 15.7. The number of furan rings is 2. The zero-order chi connectivity index (χ0) is 22.1. The number of nitrogens with zero attached hydrogens (tertiary/aromatic N) is 1. The third-order valence-electron chi connectivity index (χ3n) is 5.13. The Labute approximate surface area is 181 Å². The van der Waals surface area contributed by atoms with Crippen LogP contribution in [0.25, 0.3) is 43.9 Å². The number of fused-ring (bicyclic) bond motifs is 6. The highest BCUT2D eigenvalue weighted by molar-refractivity contribution is 6.18. The van der Waals surface area contributed by atoms with Gasteiger partial charge in [0.25, 0.3) is 0 Å². The fourth-order valence-electron chi connectivity index (χ4n) is 3.75. The van der Waals surface area contributed by atoms with Crippen LogP contribution in [0.3, 0.4) is 0 Å². The van der Waals surface area contributed by atoms with Crippen LogP contribution < -0.4 is 4.65 Å². The van der Waals surface area contributed by atoms with Crippen molar-refractivity contribution in [3.05, 3.63) is 95.0 Å². The van der Waals surface area contributed by atoms with Crippen LogP contribution >= 0.6 is 0 Å². The molecule has 0 spiro atoms. The summed E-state index contributed by atoms with van der Waals surface area (Å²) in [5.41, 5.74) is 2.48. The predicted octanol–water partition coefficient (Wildman–Crippen LogP) is 5.99. The van der Waals surface area contributed by atoms with Gasteiger partial charge in [0, 0.05) is 27.6 Å². The Bertz CT molecular complexity index is 1590. The van der Waals surface area contributed by atoms with Crippen LogP contribution in [0.5, 0.6) is 5.75 Å². The monoisotopic (exact) mass is 424 g/mol. The first-order valence-electron chi connectivity index (χ1n) is 9.75. The second-order valence-corrected chi connectivity index (χ2v) is 6.96. The van der Waals surface area contributed by atoms with Crippen molar-refractivity contribution in [1.82, 2.24) is 0 Å². The first-order valence-corrected chi connectivity index (χ1v) is 9.75. The smallest absolute Gasteiger partial charge is 0.535 e. The van der Waals surface area contributed by atoms with Gasteiger partial charge in [0.2, 0.25) is 5.58 Å². The van der Waals surface area contributed by atoms with Gasteiger partial charge in [-0.3, -0.25) is 10.1 Å². The SMILES string of the molecule is O=[N+]([O-])c1cccc2c1oc1ccccc12.O[B]Oc1cccc2c1oc1ccccc12. The quantitative estimate of drug-likeness (QED) is 0.213. The maximum atomic E-state index is 10.8. The molecule has 0 saturated heterocycles. The maximum absolute atomic E-state index is 10.8. The van der Waals surface area contributed by atoms with Crippen LogP contribution in [0, 0.1) is 10.1 Å². The Hall–Kier alpha value is -4.30. The molecule has 155 valence electrons. The topological polar surface area (TPSA) is 98.9 Å². The Morgan fingerprint density at radius 3 is 1.88 bits per heavy atom. The highest BCUT2D eigenvalue weighted by Gasteiger charge is 2.17. The minimum atomic E-state index is -0.426.